The number of amides is 1. The molecule has 3 heteroatoms. The molecule has 0 saturated heterocycles. The lowest BCUT2D eigenvalue weighted by molar-refractivity contribution is 0.103. The number of benzene rings is 1. The third-order valence-corrected chi connectivity index (χ3v) is 4.78. The first-order valence-corrected chi connectivity index (χ1v) is 7.87. The second-order valence-electron chi connectivity index (χ2n) is 4.96. The molecule has 2 rings (SSSR count). The SMILES string of the molecule is CCc1cccc(CC)c1NC(=O)c1cc(C)c(C)s1. The first-order valence-electron chi connectivity index (χ1n) is 7.06. The third kappa shape index (κ3) is 2.93. The van der Waals surface area contributed by atoms with Crippen LogP contribution in [-0.2, 0) is 12.8 Å². The van der Waals surface area contributed by atoms with E-state index in [1.807, 2.05) is 19.9 Å². The van der Waals surface area contributed by atoms with Gasteiger partial charge < -0.3 is 5.32 Å². The van der Waals surface area contributed by atoms with Gasteiger partial charge in [0.15, 0.2) is 0 Å². The molecule has 0 aliphatic heterocycles. The smallest absolute Gasteiger partial charge is 0.265 e. The van der Waals surface area contributed by atoms with Crippen molar-refractivity contribution in [2.24, 2.45) is 0 Å². The summed E-state index contributed by atoms with van der Waals surface area (Å²) in [6.45, 7) is 8.32. The Kier molecular flexibility index (Phi) is 4.61. The number of hydrogen-bond donors (Lipinski definition) is 1. The topological polar surface area (TPSA) is 29.1 Å². The minimum Gasteiger partial charge on any atom is -0.321 e. The van der Waals surface area contributed by atoms with Crippen LogP contribution in [-0.4, -0.2) is 5.91 Å². The Bertz CT molecular complexity index is 586. The van der Waals surface area contributed by atoms with E-state index < -0.39 is 0 Å². The molecular weight excluding hydrogens is 266 g/mol. The van der Waals surface area contributed by atoms with Gasteiger partial charge in [0.2, 0.25) is 0 Å². The molecule has 0 bridgehead atoms. The third-order valence-electron chi connectivity index (χ3n) is 3.63. The van der Waals surface area contributed by atoms with Crippen molar-refractivity contribution in [2.75, 3.05) is 5.32 Å². The zero-order chi connectivity index (χ0) is 14.7. The van der Waals surface area contributed by atoms with Gasteiger partial charge in [-0.1, -0.05) is 32.0 Å². The highest BCUT2D eigenvalue weighted by molar-refractivity contribution is 7.14. The highest BCUT2D eigenvalue weighted by Gasteiger charge is 2.14. The molecule has 0 aliphatic rings. The van der Waals surface area contributed by atoms with Gasteiger partial charge in [-0.3, -0.25) is 4.79 Å². The summed E-state index contributed by atoms with van der Waals surface area (Å²) in [5, 5.41) is 3.11. The van der Waals surface area contributed by atoms with Crippen molar-refractivity contribution in [1.82, 2.24) is 0 Å². The predicted molar refractivity (Wildman–Crippen MR) is 86.9 cm³/mol. The van der Waals surface area contributed by atoms with Crippen molar-refractivity contribution in [1.29, 1.82) is 0 Å². The molecule has 2 nitrogen and oxygen atoms in total. The fourth-order valence-corrected chi connectivity index (χ4v) is 3.19. The van der Waals surface area contributed by atoms with E-state index in [-0.39, 0.29) is 5.91 Å². The van der Waals surface area contributed by atoms with E-state index in [4.69, 9.17) is 0 Å². The summed E-state index contributed by atoms with van der Waals surface area (Å²) in [6, 6.07) is 8.20. The maximum atomic E-state index is 12.4. The van der Waals surface area contributed by atoms with Gasteiger partial charge >= 0.3 is 0 Å². The van der Waals surface area contributed by atoms with Crippen molar-refractivity contribution in [3.8, 4) is 0 Å². The van der Waals surface area contributed by atoms with Crippen LogP contribution in [0.2, 0.25) is 0 Å². The van der Waals surface area contributed by atoms with Gasteiger partial charge in [0.1, 0.15) is 0 Å². The molecule has 1 aromatic carbocycles. The van der Waals surface area contributed by atoms with Crippen LogP contribution in [0.25, 0.3) is 0 Å². The molecule has 0 unspecified atom stereocenters. The lowest BCUT2D eigenvalue weighted by Gasteiger charge is -2.13. The quantitative estimate of drug-likeness (QED) is 0.864. The molecule has 2 aromatic rings. The van der Waals surface area contributed by atoms with Gasteiger partial charge in [-0.25, -0.2) is 0 Å². The van der Waals surface area contributed by atoms with Crippen molar-refractivity contribution >= 4 is 22.9 Å². The number of rotatable bonds is 4. The van der Waals surface area contributed by atoms with E-state index in [0.29, 0.717) is 0 Å². The molecule has 0 fully saturated rings. The van der Waals surface area contributed by atoms with E-state index in [1.54, 1.807) is 11.3 Å². The number of nitrogens with one attached hydrogen (secondary N) is 1. The van der Waals surface area contributed by atoms with E-state index >= 15 is 0 Å². The first-order chi connectivity index (χ1) is 9.56. The minimum absolute atomic E-state index is 0.00167. The molecule has 1 N–H and O–H groups in total. The average Bonchev–Trinajstić information content (AvgIpc) is 2.79. The van der Waals surface area contributed by atoms with Crippen LogP contribution in [0.3, 0.4) is 0 Å². The lowest BCUT2D eigenvalue weighted by Crippen LogP contribution is -2.13. The van der Waals surface area contributed by atoms with Crippen LogP contribution in [0.4, 0.5) is 5.69 Å². The summed E-state index contributed by atoms with van der Waals surface area (Å²) < 4.78 is 0. The largest absolute Gasteiger partial charge is 0.321 e. The molecule has 0 aliphatic carbocycles. The van der Waals surface area contributed by atoms with Crippen LogP contribution in [0.1, 0.15) is 45.1 Å². The maximum Gasteiger partial charge on any atom is 0.265 e. The summed E-state index contributed by atoms with van der Waals surface area (Å²) in [6.07, 6.45) is 1.85. The monoisotopic (exact) mass is 287 g/mol. The number of para-hydroxylation sites is 1. The van der Waals surface area contributed by atoms with Crippen LogP contribution in [0.15, 0.2) is 24.3 Å². The molecular formula is C17H21NOS. The number of anilines is 1. The van der Waals surface area contributed by atoms with Gasteiger partial charge in [-0.2, -0.15) is 0 Å². The zero-order valence-corrected chi connectivity index (χ0v) is 13.4. The van der Waals surface area contributed by atoms with Gasteiger partial charge in [0, 0.05) is 10.6 Å². The second-order valence-corrected chi connectivity index (χ2v) is 6.22. The number of aryl methyl sites for hydroxylation is 4. The molecule has 0 atom stereocenters. The molecule has 1 amide bonds. The minimum atomic E-state index is 0.00167. The highest BCUT2D eigenvalue weighted by Crippen LogP contribution is 2.26. The summed E-state index contributed by atoms with van der Waals surface area (Å²) >= 11 is 1.56. The fraction of sp³-hybridized carbons (Fsp3) is 0.353. The molecule has 0 spiro atoms. The van der Waals surface area contributed by atoms with Crippen LogP contribution in [0, 0.1) is 13.8 Å². The van der Waals surface area contributed by atoms with Crippen molar-refractivity contribution in [3.05, 3.63) is 50.7 Å². The van der Waals surface area contributed by atoms with Crippen LogP contribution in [0.5, 0.6) is 0 Å². The Morgan fingerprint density at radius 2 is 1.75 bits per heavy atom. The van der Waals surface area contributed by atoms with Crippen molar-refractivity contribution in [3.63, 3.8) is 0 Å². The summed E-state index contributed by atoms with van der Waals surface area (Å²) in [4.78, 5) is 14.4. The van der Waals surface area contributed by atoms with Crippen molar-refractivity contribution < 1.29 is 4.79 Å². The Labute approximate surface area is 124 Å². The van der Waals surface area contributed by atoms with Gasteiger partial charge in [0.25, 0.3) is 5.91 Å². The molecule has 0 saturated carbocycles. The van der Waals surface area contributed by atoms with Gasteiger partial charge in [-0.05, 0) is 49.4 Å². The van der Waals surface area contributed by atoms with Gasteiger partial charge in [-0.15, -0.1) is 11.3 Å². The number of hydrogen-bond acceptors (Lipinski definition) is 2. The lowest BCUT2D eigenvalue weighted by atomic mass is 10.0. The zero-order valence-electron chi connectivity index (χ0n) is 12.5. The second kappa shape index (κ2) is 6.23. The van der Waals surface area contributed by atoms with Gasteiger partial charge in [0.05, 0.1) is 4.88 Å². The Morgan fingerprint density at radius 3 is 2.20 bits per heavy atom. The Balaban J connectivity index is 2.31. The molecule has 1 heterocycles. The molecule has 106 valence electrons. The summed E-state index contributed by atoms with van der Waals surface area (Å²) in [5.41, 5.74) is 4.57. The normalized spacial score (nSPS) is 10.6. The predicted octanol–water partition coefficient (Wildman–Crippen LogP) is 4.74. The van der Waals surface area contributed by atoms with E-state index in [1.165, 1.54) is 21.6 Å². The standard InChI is InChI=1S/C17H21NOS/c1-5-13-8-7-9-14(6-2)16(13)18-17(19)15-10-11(3)12(4)20-15/h7-10H,5-6H2,1-4H3,(H,18,19). The van der Waals surface area contributed by atoms with Crippen LogP contribution < -0.4 is 5.32 Å². The first kappa shape index (κ1) is 14.8. The number of thiophene rings is 1. The Hall–Kier alpha value is -1.61. The van der Waals surface area contributed by atoms with Crippen molar-refractivity contribution in [2.45, 2.75) is 40.5 Å². The fourth-order valence-electron chi connectivity index (χ4n) is 2.26. The van der Waals surface area contributed by atoms with Crippen LogP contribution >= 0.6 is 11.3 Å². The van der Waals surface area contributed by atoms with E-state index in [9.17, 15) is 4.79 Å². The highest BCUT2D eigenvalue weighted by atomic mass is 32.1. The number of carbonyl (C=O) groups excluding carboxylic acids is 1. The summed E-state index contributed by atoms with van der Waals surface area (Å²) in [5.74, 6) is 0.00167. The summed E-state index contributed by atoms with van der Waals surface area (Å²) in [7, 11) is 0. The van der Waals surface area contributed by atoms with E-state index in [2.05, 4.69) is 37.4 Å². The average molecular weight is 287 g/mol. The number of carbonyl (C=O) groups is 1. The molecule has 1 aromatic heterocycles. The maximum absolute atomic E-state index is 12.4. The van der Waals surface area contributed by atoms with E-state index in [0.717, 1.165) is 23.4 Å². The molecule has 0 radical (unpaired) electrons. The Morgan fingerprint density at radius 1 is 1.15 bits per heavy atom. The molecule has 20 heavy (non-hydrogen) atoms.